The van der Waals surface area contributed by atoms with Crippen molar-refractivity contribution in [3.63, 3.8) is 0 Å². The molecule has 2 aromatic rings. The molecule has 0 bridgehead atoms. The van der Waals surface area contributed by atoms with Gasteiger partial charge in [-0.25, -0.2) is 14.2 Å². The van der Waals surface area contributed by atoms with E-state index in [9.17, 15) is 9.18 Å². The number of alkyl halides is 1. The van der Waals surface area contributed by atoms with E-state index < -0.39 is 24.7 Å². The molecule has 1 aliphatic rings. The van der Waals surface area contributed by atoms with Crippen LogP contribution in [-0.4, -0.2) is 51.2 Å². The molecule has 142 valence electrons. The zero-order valence-electron chi connectivity index (χ0n) is 14.3. The summed E-state index contributed by atoms with van der Waals surface area (Å²) in [6.45, 7) is 3.95. The van der Waals surface area contributed by atoms with Crippen LogP contribution in [0.2, 0.25) is 5.28 Å². The fourth-order valence-electron chi connectivity index (χ4n) is 2.59. The van der Waals surface area contributed by atoms with E-state index >= 15 is 0 Å². The van der Waals surface area contributed by atoms with Crippen molar-refractivity contribution >= 4 is 34.7 Å². The van der Waals surface area contributed by atoms with Gasteiger partial charge in [0.05, 0.1) is 19.0 Å². The van der Waals surface area contributed by atoms with Gasteiger partial charge < -0.3 is 19.9 Å². The van der Waals surface area contributed by atoms with Crippen molar-refractivity contribution in [2.24, 2.45) is 5.92 Å². The standard InChI is InChI=1S/C15H19ClFN5O4/c1-7(2)4-24-15(23)25-5-8-3-9(17)13(26-8)22-6-19-10-11(18)20-14(16)21-12(10)22/h6-9,13H,3-5H2,1-2H3,(H2,18,20,21). The van der Waals surface area contributed by atoms with Gasteiger partial charge in [0.2, 0.25) is 5.28 Å². The SMILES string of the molecule is CC(C)COC(=O)OCC1CC(F)C(n2cnc3c(N)nc(Cl)nc32)O1. The van der Waals surface area contributed by atoms with E-state index in [0.717, 1.165) is 0 Å². The number of anilines is 1. The van der Waals surface area contributed by atoms with Gasteiger partial charge in [0.15, 0.2) is 17.7 Å². The third-order valence-electron chi connectivity index (χ3n) is 3.75. The van der Waals surface area contributed by atoms with E-state index in [1.807, 2.05) is 13.8 Å². The summed E-state index contributed by atoms with van der Waals surface area (Å²) in [6.07, 6.45) is -2.33. The van der Waals surface area contributed by atoms with E-state index in [0.29, 0.717) is 5.52 Å². The van der Waals surface area contributed by atoms with Crippen LogP contribution in [0.4, 0.5) is 15.0 Å². The highest BCUT2D eigenvalue weighted by Gasteiger charge is 2.38. The average Bonchev–Trinajstić information content (AvgIpc) is 3.14. The number of carbonyl (C=O) groups excluding carboxylic acids is 1. The van der Waals surface area contributed by atoms with Gasteiger partial charge in [0.1, 0.15) is 18.3 Å². The number of nitrogen functional groups attached to an aromatic ring is 1. The minimum Gasteiger partial charge on any atom is -0.434 e. The first kappa shape index (κ1) is 18.6. The van der Waals surface area contributed by atoms with Gasteiger partial charge in [-0.15, -0.1) is 0 Å². The topological polar surface area (TPSA) is 114 Å². The number of rotatable bonds is 5. The number of imidazole rings is 1. The maximum atomic E-state index is 14.5. The van der Waals surface area contributed by atoms with Crippen LogP contribution < -0.4 is 5.73 Å². The van der Waals surface area contributed by atoms with Crippen LogP contribution in [0.15, 0.2) is 6.33 Å². The van der Waals surface area contributed by atoms with Crippen LogP contribution >= 0.6 is 11.6 Å². The van der Waals surface area contributed by atoms with Crippen molar-refractivity contribution in [1.29, 1.82) is 0 Å². The van der Waals surface area contributed by atoms with E-state index in [2.05, 4.69) is 15.0 Å². The maximum Gasteiger partial charge on any atom is 0.508 e. The monoisotopic (exact) mass is 387 g/mol. The lowest BCUT2D eigenvalue weighted by atomic mass is 10.2. The number of aromatic nitrogens is 4. The highest BCUT2D eigenvalue weighted by Crippen LogP contribution is 2.34. The molecular weight excluding hydrogens is 369 g/mol. The van der Waals surface area contributed by atoms with Crippen molar-refractivity contribution in [1.82, 2.24) is 19.5 Å². The molecule has 1 aliphatic heterocycles. The Morgan fingerprint density at radius 2 is 2.27 bits per heavy atom. The Hall–Kier alpha value is -2.20. The lowest BCUT2D eigenvalue weighted by Gasteiger charge is -2.16. The Balaban J connectivity index is 1.65. The second kappa shape index (κ2) is 7.58. The summed E-state index contributed by atoms with van der Waals surface area (Å²) in [5.74, 6) is 0.292. The fourth-order valence-corrected chi connectivity index (χ4v) is 2.76. The summed E-state index contributed by atoms with van der Waals surface area (Å²) in [5.41, 5.74) is 6.32. The number of fused-ring (bicyclic) bond motifs is 1. The molecule has 0 spiro atoms. The molecule has 0 aliphatic carbocycles. The normalized spacial score (nSPS) is 22.9. The molecule has 3 atom stereocenters. The molecule has 0 radical (unpaired) electrons. The van der Waals surface area contributed by atoms with E-state index in [4.69, 9.17) is 31.5 Å². The quantitative estimate of drug-likeness (QED) is 0.614. The highest BCUT2D eigenvalue weighted by molar-refractivity contribution is 6.28. The summed E-state index contributed by atoms with van der Waals surface area (Å²) >= 11 is 5.81. The molecule has 3 heterocycles. The van der Waals surface area contributed by atoms with Crippen molar-refractivity contribution in [2.45, 2.75) is 38.8 Å². The minimum absolute atomic E-state index is 0.0517. The number of carbonyl (C=O) groups is 1. The Kier molecular flexibility index (Phi) is 5.42. The Morgan fingerprint density at radius 1 is 1.50 bits per heavy atom. The number of hydrogen-bond donors (Lipinski definition) is 1. The summed E-state index contributed by atoms with van der Waals surface area (Å²) in [4.78, 5) is 23.4. The molecule has 3 unspecified atom stereocenters. The molecule has 11 heteroatoms. The summed E-state index contributed by atoms with van der Waals surface area (Å²) in [5, 5.41) is -0.0714. The van der Waals surface area contributed by atoms with E-state index in [1.54, 1.807) is 0 Å². The van der Waals surface area contributed by atoms with Crippen molar-refractivity contribution in [3.8, 4) is 0 Å². The van der Waals surface area contributed by atoms with Crippen molar-refractivity contribution < 1.29 is 23.4 Å². The van der Waals surface area contributed by atoms with Gasteiger partial charge >= 0.3 is 6.16 Å². The fraction of sp³-hybridized carbons (Fsp3) is 0.600. The summed E-state index contributed by atoms with van der Waals surface area (Å²) in [6, 6.07) is 0. The molecule has 2 aromatic heterocycles. The number of halogens is 2. The molecule has 1 fully saturated rings. The second-order valence-electron chi connectivity index (χ2n) is 6.37. The third-order valence-corrected chi connectivity index (χ3v) is 3.92. The maximum absolute atomic E-state index is 14.5. The molecule has 0 saturated carbocycles. The molecule has 1 saturated heterocycles. The zero-order valence-corrected chi connectivity index (χ0v) is 15.0. The molecule has 9 nitrogen and oxygen atoms in total. The number of ether oxygens (including phenoxy) is 3. The van der Waals surface area contributed by atoms with Gasteiger partial charge in [0.25, 0.3) is 0 Å². The Labute approximate surface area is 153 Å². The summed E-state index contributed by atoms with van der Waals surface area (Å²) in [7, 11) is 0. The van der Waals surface area contributed by atoms with Crippen LogP contribution in [0, 0.1) is 5.92 Å². The molecule has 0 amide bonds. The smallest absolute Gasteiger partial charge is 0.434 e. The Bertz CT molecular complexity index is 802. The lowest BCUT2D eigenvalue weighted by molar-refractivity contribution is -0.0477. The predicted molar refractivity (Wildman–Crippen MR) is 90.3 cm³/mol. The predicted octanol–water partition coefficient (Wildman–Crippen LogP) is 2.50. The first-order valence-electron chi connectivity index (χ1n) is 8.09. The largest absolute Gasteiger partial charge is 0.508 e. The molecular formula is C15H19ClFN5O4. The van der Waals surface area contributed by atoms with Gasteiger partial charge in [-0.2, -0.15) is 9.97 Å². The zero-order chi connectivity index (χ0) is 18.8. The number of nitrogens with zero attached hydrogens (tertiary/aromatic N) is 4. The molecule has 26 heavy (non-hydrogen) atoms. The van der Waals surface area contributed by atoms with Crippen LogP contribution in [0.5, 0.6) is 0 Å². The van der Waals surface area contributed by atoms with E-state index in [-0.39, 0.29) is 42.3 Å². The lowest BCUT2D eigenvalue weighted by Crippen LogP contribution is -2.21. The highest BCUT2D eigenvalue weighted by atomic mass is 35.5. The van der Waals surface area contributed by atoms with Gasteiger partial charge in [-0.05, 0) is 17.5 Å². The van der Waals surface area contributed by atoms with Crippen LogP contribution in [0.25, 0.3) is 11.2 Å². The van der Waals surface area contributed by atoms with E-state index in [1.165, 1.54) is 10.9 Å². The summed E-state index contributed by atoms with van der Waals surface area (Å²) < 4.78 is 31.4. The first-order valence-corrected chi connectivity index (χ1v) is 8.47. The Morgan fingerprint density at radius 3 is 3.00 bits per heavy atom. The van der Waals surface area contributed by atoms with Crippen LogP contribution in [-0.2, 0) is 14.2 Å². The molecule has 2 N–H and O–H groups in total. The number of nitrogens with two attached hydrogens (primary N) is 1. The van der Waals surface area contributed by atoms with Gasteiger partial charge in [-0.3, -0.25) is 4.57 Å². The van der Waals surface area contributed by atoms with Crippen LogP contribution in [0.3, 0.4) is 0 Å². The molecule has 3 rings (SSSR count). The van der Waals surface area contributed by atoms with Crippen molar-refractivity contribution in [3.05, 3.63) is 11.6 Å². The number of hydrogen-bond acceptors (Lipinski definition) is 8. The third kappa shape index (κ3) is 3.96. The molecule has 0 aromatic carbocycles. The van der Waals surface area contributed by atoms with Gasteiger partial charge in [0, 0.05) is 6.42 Å². The van der Waals surface area contributed by atoms with Gasteiger partial charge in [-0.1, -0.05) is 13.8 Å². The van der Waals surface area contributed by atoms with Crippen molar-refractivity contribution in [2.75, 3.05) is 18.9 Å². The first-order chi connectivity index (χ1) is 12.3. The average molecular weight is 388 g/mol. The van der Waals surface area contributed by atoms with Crippen LogP contribution in [0.1, 0.15) is 26.5 Å². The minimum atomic E-state index is -1.34. The second-order valence-corrected chi connectivity index (χ2v) is 6.71.